The Hall–Kier alpha value is -0.940. The highest BCUT2D eigenvalue weighted by atomic mass is 32.1. The summed E-state index contributed by atoms with van der Waals surface area (Å²) in [5, 5.41) is 7.45. The second-order valence-electron chi connectivity index (χ2n) is 4.94. The lowest BCUT2D eigenvalue weighted by atomic mass is 10.2. The van der Waals surface area contributed by atoms with Gasteiger partial charge in [-0.2, -0.15) is 0 Å². The highest BCUT2D eigenvalue weighted by Gasteiger charge is 2.22. The fourth-order valence-electron chi connectivity index (χ4n) is 1.97. The van der Waals surface area contributed by atoms with Gasteiger partial charge in [0.15, 0.2) is 0 Å². The van der Waals surface area contributed by atoms with Crippen LogP contribution in [0.4, 0.5) is 0 Å². The van der Waals surface area contributed by atoms with Crippen LogP contribution in [0.2, 0.25) is 0 Å². The van der Waals surface area contributed by atoms with Crippen molar-refractivity contribution in [2.45, 2.75) is 52.1 Å². The molecule has 0 spiro atoms. The van der Waals surface area contributed by atoms with Crippen LogP contribution >= 0.6 is 11.3 Å². The molecule has 0 aliphatic heterocycles. The average molecular weight is 267 g/mol. The third-order valence-corrected chi connectivity index (χ3v) is 4.00. The van der Waals surface area contributed by atoms with E-state index < -0.39 is 0 Å². The summed E-state index contributed by atoms with van der Waals surface area (Å²) in [4.78, 5) is 17.3. The lowest BCUT2D eigenvalue weighted by Crippen LogP contribution is -2.30. The van der Waals surface area contributed by atoms with Gasteiger partial charge in [0, 0.05) is 29.9 Å². The van der Waals surface area contributed by atoms with E-state index in [0.717, 1.165) is 23.5 Å². The molecule has 2 N–H and O–H groups in total. The third kappa shape index (κ3) is 3.78. The molecule has 100 valence electrons. The standard InChI is InChI=1S/C13H21N3OS/c1-8(13-9(2)18-10(3)15-13)14-7-6-12(17)16-11-4-5-11/h8,11,14H,4-7H2,1-3H3,(H,16,17). The van der Waals surface area contributed by atoms with Gasteiger partial charge in [0.25, 0.3) is 0 Å². The molecule has 0 radical (unpaired) electrons. The average Bonchev–Trinajstić information content (AvgIpc) is 3.02. The van der Waals surface area contributed by atoms with Crippen LogP contribution < -0.4 is 10.6 Å². The molecule has 1 unspecified atom stereocenters. The number of amides is 1. The lowest BCUT2D eigenvalue weighted by molar-refractivity contribution is -0.121. The molecule has 0 aromatic carbocycles. The number of carbonyl (C=O) groups is 1. The maximum absolute atomic E-state index is 11.5. The molecule has 1 aliphatic carbocycles. The van der Waals surface area contributed by atoms with E-state index in [2.05, 4.69) is 29.5 Å². The van der Waals surface area contributed by atoms with Crippen molar-refractivity contribution in [1.29, 1.82) is 0 Å². The zero-order valence-corrected chi connectivity index (χ0v) is 12.1. The number of rotatable bonds is 6. The first-order chi connectivity index (χ1) is 8.56. The summed E-state index contributed by atoms with van der Waals surface area (Å²) < 4.78 is 0. The number of hydrogen-bond acceptors (Lipinski definition) is 4. The van der Waals surface area contributed by atoms with E-state index in [1.165, 1.54) is 4.88 Å². The normalized spacial score (nSPS) is 16.6. The maximum atomic E-state index is 11.5. The summed E-state index contributed by atoms with van der Waals surface area (Å²) >= 11 is 1.72. The van der Waals surface area contributed by atoms with Crippen molar-refractivity contribution in [3.63, 3.8) is 0 Å². The van der Waals surface area contributed by atoms with Gasteiger partial charge in [-0.05, 0) is 33.6 Å². The Morgan fingerprint density at radius 3 is 2.78 bits per heavy atom. The van der Waals surface area contributed by atoms with Gasteiger partial charge in [-0.15, -0.1) is 11.3 Å². The molecule has 5 heteroatoms. The van der Waals surface area contributed by atoms with Gasteiger partial charge in [-0.1, -0.05) is 0 Å². The molecule has 1 heterocycles. The molecule has 0 saturated heterocycles. The Bertz CT molecular complexity index is 426. The second-order valence-corrected chi connectivity index (χ2v) is 6.35. The third-order valence-electron chi connectivity index (χ3n) is 3.09. The molecular weight excluding hydrogens is 246 g/mol. The second kappa shape index (κ2) is 5.80. The molecular formula is C13H21N3OS. The zero-order chi connectivity index (χ0) is 13.1. The molecule has 1 fully saturated rings. The Balaban J connectivity index is 1.72. The summed E-state index contributed by atoms with van der Waals surface area (Å²) in [5.41, 5.74) is 1.11. The first-order valence-corrected chi connectivity index (χ1v) is 7.34. The predicted molar refractivity (Wildman–Crippen MR) is 73.8 cm³/mol. The van der Waals surface area contributed by atoms with Crippen molar-refractivity contribution in [3.05, 3.63) is 15.6 Å². The molecule has 18 heavy (non-hydrogen) atoms. The van der Waals surface area contributed by atoms with Gasteiger partial charge in [-0.3, -0.25) is 4.79 Å². The lowest BCUT2D eigenvalue weighted by Gasteiger charge is -2.12. The van der Waals surface area contributed by atoms with E-state index in [9.17, 15) is 4.79 Å². The number of carbonyl (C=O) groups excluding carboxylic acids is 1. The summed E-state index contributed by atoms with van der Waals surface area (Å²) in [7, 11) is 0. The molecule has 1 atom stereocenters. The Morgan fingerprint density at radius 1 is 1.50 bits per heavy atom. The maximum Gasteiger partial charge on any atom is 0.221 e. The Morgan fingerprint density at radius 2 is 2.22 bits per heavy atom. The summed E-state index contributed by atoms with van der Waals surface area (Å²) in [5.74, 6) is 0.156. The number of nitrogens with zero attached hydrogens (tertiary/aromatic N) is 1. The minimum atomic E-state index is 0.156. The van der Waals surface area contributed by atoms with Crippen molar-refractivity contribution < 1.29 is 4.79 Å². The van der Waals surface area contributed by atoms with Gasteiger partial charge in [0.05, 0.1) is 10.7 Å². The highest BCUT2D eigenvalue weighted by Crippen LogP contribution is 2.22. The number of thiazole rings is 1. The zero-order valence-electron chi connectivity index (χ0n) is 11.2. The number of aryl methyl sites for hydroxylation is 2. The highest BCUT2D eigenvalue weighted by molar-refractivity contribution is 7.11. The molecule has 2 rings (SSSR count). The van der Waals surface area contributed by atoms with Crippen molar-refractivity contribution in [2.24, 2.45) is 0 Å². The fraction of sp³-hybridized carbons (Fsp3) is 0.692. The van der Waals surface area contributed by atoms with E-state index in [4.69, 9.17) is 0 Å². The van der Waals surface area contributed by atoms with Gasteiger partial charge < -0.3 is 10.6 Å². The van der Waals surface area contributed by atoms with Crippen molar-refractivity contribution in [3.8, 4) is 0 Å². The van der Waals surface area contributed by atoms with Crippen LogP contribution in [-0.4, -0.2) is 23.5 Å². The number of aromatic nitrogens is 1. The fourth-order valence-corrected chi connectivity index (χ4v) is 2.89. The van der Waals surface area contributed by atoms with Crippen molar-refractivity contribution in [2.75, 3.05) is 6.54 Å². The van der Waals surface area contributed by atoms with Gasteiger partial charge in [-0.25, -0.2) is 4.98 Å². The minimum absolute atomic E-state index is 0.156. The molecule has 0 bridgehead atoms. The van der Waals surface area contributed by atoms with Crippen LogP contribution in [0.3, 0.4) is 0 Å². The molecule has 4 nitrogen and oxygen atoms in total. The van der Waals surface area contributed by atoms with Crippen LogP contribution in [0.5, 0.6) is 0 Å². The monoisotopic (exact) mass is 267 g/mol. The van der Waals surface area contributed by atoms with Gasteiger partial charge in [0.2, 0.25) is 5.91 Å². The van der Waals surface area contributed by atoms with Gasteiger partial charge >= 0.3 is 0 Å². The summed E-state index contributed by atoms with van der Waals surface area (Å²) in [6.07, 6.45) is 2.84. The SMILES string of the molecule is Cc1nc(C(C)NCCC(=O)NC2CC2)c(C)s1. The van der Waals surface area contributed by atoms with Crippen LogP contribution in [0.15, 0.2) is 0 Å². The molecule has 1 aromatic rings. The van der Waals surface area contributed by atoms with E-state index in [-0.39, 0.29) is 11.9 Å². The van der Waals surface area contributed by atoms with Crippen molar-refractivity contribution >= 4 is 17.2 Å². The van der Waals surface area contributed by atoms with Crippen LogP contribution in [0, 0.1) is 13.8 Å². The van der Waals surface area contributed by atoms with E-state index >= 15 is 0 Å². The molecule has 1 aromatic heterocycles. The van der Waals surface area contributed by atoms with E-state index in [0.29, 0.717) is 19.0 Å². The first-order valence-electron chi connectivity index (χ1n) is 6.53. The molecule has 1 saturated carbocycles. The number of hydrogen-bond donors (Lipinski definition) is 2. The first kappa shape index (κ1) is 13.5. The summed E-state index contributed by atoms with van der Waals surface area (Å²) in [6.45, 7) is 6.92. The van der Waals surface area contributed by atoms with Gasteiger partial charge in [0.1, 0.15) is 0 Å². The topological polar surface area (TPSA) is 54.0 Å². The van der Waals surface area contributed by atoms with E-state index in [1.54, 1.807) is 11.3 Å². The molecule has 1 aliphatic rings. The number of nitrogens with one attached hydrogen (secondary N) is 2. The summed E-state index contributed by atoms with van der Waals surface area (Å²) in [6, 6.07) is 0.669. The Kier molecular flexibility index (Phi) is 4.35. The minimum Gasteiger partial charge on any atom is -0.353 e. The molecule has 1 amide bonds. The van der Waals surface area contributed by atoms with Crippen LogP contribution in [0.25, 0.3) is 0 Å². The van der Waals surface area contributed by atoms with Crippen molar-refractivity contribution in [1.82, 2.24) is 15.6 Å². The van der Waals surface area contributed by atoms with E-state index in [1.807, 2.05) is 6.92 Å². The Labute approximate surface area is 112 Å². The van der Waals surface area contributed by atoms with Crippen LogP contribution in [0.1, 0.15) is 47.8 Å². The quantitative estimate of drug-likeness (QED) is 0.829. The predicted octanol–water partition coefficient (Wildman–Crippen LogP) is 2.08. The smallest absolute Gasteiger partial charge is 0.221 e. The largest absolute Gasteiger partial charge is 0.353 e. The van der Waals surface area contributed by atoms with Crippen LogP contribution in [-0.2, 0) is 4.79 Å².